The second-order valence-corrected chi connectivity index (χ2v) is 8.07. The summed E-state index contributed by atoms with van der Waals surface area (Å²) in [6.07, 6.45) is 5.91. The zero-order valence-corrected chi connectivity index (χ0v) is 16.8. The highest BCUT2D eigenvalue weighted by Crippen LogP contribution is 2.40. The first-order valence-corrected chi connectivity index (χ1v) is 10.2. The van der Waals surface area contributed by atoms with Crippen LogP contribution in [0.15, 0.2) is 53.5 Å². The lowest BCUT2D eigenvalue weighted by Crippen LogP contribution is -2.49. The van der Waals surface area contributed by atoms with Crippen LogP contribution in [0.25, 0.3) is 0 Å². The number of carbonyl (C=O) groups excluding carboxylic acids is 1. The number of nitrogens with zero attached hydrogens (tertiary/aromatic N) is 2. The third kappa shape index (κ3) is 3.39. The number of thiocarbonyl (C=S) groups is 1. The second-order valence-electron chi connectivity index (χ2n) is 7.68. The first kappa shape index (κ1) is 18.9. The Morgan fingerprint density at radius 2 is 1.75 bits per heavy atom. The number of amides is 1. The van der Waals surface area contributed by atoms with Gasteiger partial charge in [0.2, 0.25) is 0 Å². The molecule has 1 aliphatic heterocycles. The van der Waals surface area contributed by atoms with Gasteiger partial charge in [0.1, 0.15) is 22.2 Å². The van der Waals surface area contributed by atoms with Gasteiger partial charge in [-0.05, 0) is 62.9 Å². The van der Waals surface area contributed by atoms with Gasteiger partial charge in [-0.15, -0.1) is 0 Å². The van der Waals surface area contributed by atoms with Crippen molar-refractivity contribution in [3.63, 3.8) is 0 Å². The molecule has 144 valence electrons. The third-order valence-corrected chi connectivity index (χ3v) is 6.01. The second kappa shape index (κ2) is 7.55. The SMILES string of the molecule is Cc1cccc(C2=NC3(CCCCCC3)N(C(=O)c3ccc(F)cc3)C2=S)c1. The molecule has 1 fully saturated rings. The summed E-state index contributed by atoms with van der Waals surface area (Å²) >= 11 is 5.79. The van der Waals surface area contributed by atoms with Crippen molar-refractivity contribution in [1.29, 1.82) is 0 Å². The van der Waals surface area contributed by atoms with Gasteiger partial charge in [0.25, 0.3) is 5.91 Å². The number of hydrogen-bond donors (Lipinski definition) is 0. The molecule has 2 aliphatic rings. The molecule has 0 aromatic heterocycles. The van der Waals surface area contributed by atoms with Crippen LogP contribution in [0.2, 0.25) is 0 Å². The molecule has 5 heteroatoms. The van der Waals surface area contributed by atoms with E-state index < -0.39 is 5.66 Å². The van der Waals surface area contributed by atoms with Gasteiger partial charge < -0.3 is 0 Å². The number of carbonyl (C=O) groups is 1. The summed E-state index contributed by atoms with van der Waals surface area (Å²) in [5, 5.41) is 0. The van der Waals surface area contributed by atoms with Gasteiger partial charge in [-0.25, -0.2) is 4.39 Å². The molecule has 0 N–H and O–H groups in total. The van der Waals surface area contributed by atoms with E-state index in [0.29, 0.717) is 10.6 Å². The van der Waals surface area contributed by atoms with Crippen LogP contribution < -0.4 is 0 Å². The minimum atomic E-state index is -0.627. The highest BCUT2D eigenvalue weighted by molar-refractivity contribution is 7.82. The van der Waals surface area contributed by atoms with Gasteiger partial charge in [-0.2, -0.15) is 0 Å². The summed E-state index contributed by atoms with van der Waals surface area (Å²) in [5.41, 5.74) is 2.60. The molecule has 2 aromatic rings. The zero-order valence-electron chi connectivity index (χ0n) is 16.0. The van der Waals surface area contributed by atoms with Gasteiger partial charge in [-0.3, -0.25) is 14.7 Å². The summed E-state index contributed by atoms with van der Waals surface area (Å²) in [6, 6.07) is 13.7. The van der Waals surface area contributed by atoms with E-state index >= 15 is 0 Å². The molecular weight excluding hydrogens is 371 g/mol. The molecule has 1 aliphatic carbocycles. The summed E-state index contributed by atoms with van der Waals surface area (Å²) in [5.74, 6) is -0.556. The number of aryl methyl sites for hydroxylation is 1. The molecule has 1 heterocycles. The lowest BCUT2D eigenvalue weighted by atomic mass is 9.99. The van der Waals surface area contributed by atoms with E-state index in [2.05, 4.69) is 6.07 Å². The first-order valence-electron chi connectivity index (χ1n) is 9.82. The Labute approximate surface area is 170 Å². The van der Waals surface area contributed by atoms with Crippen molar-refractivity contribution in [2.75, 3.05) is 0 Å². The van der Waals surface area contributed by atoms with Crippen molar-refractivity contribution in [2.45, 2.75) is 51.1 Å². The van der Waals surface area contributed by atoms with Crippen molar-refractivity contribution < 1.29 is 9.18 Å². The number of rotatable bonds is 2. The fourth-order valence-electron chi connectivity index (χ4n) is 4.21. The Morgan fingerprint density at radius 3 is 2.39 bits per heavy atom. The molecule has 0 atom stereocenters. The lowest BCUT2D eigenvalue weighted by Gasteiger charge is -2.35. The Morgan fingerprint density at radius 1 is 1.07 bits per heavy atom. The molecule has 28 heavy (non-hydrogen) atoms. The van der Waals surface area contributed by atoms with E-state index in [1.165, 1.54) is 24.3 Å². The molecule has 1 spiro atoms. The highest BCUT2D eigenvalue weighted by atomic mass is 32.1. The smallest absolute Gasteiger partial charge is 0.260 e. The predicted octanol–water partition coefficient (Wildman–Crippen LogP) is 5.46. The zero-order chi connectivity index (χ0) is 19.7. The fourth-order valence-corrected chi connectivity index (χ4v) is 4.63. The van der Waals surface area contributed by atoms with E-state index in [4.69, 9.17) is 17.2 Å². The highest BCUT2D eigenvalue weighted by Gasteiger charge is 2.48. The van der Waals surface area contributed by atoms with E-state index in [0.717, 1.165) is 55.4 Å². The molecule has 0 radical (unpaired) electrons. The Bertz CT molecular complexity index is 943. The number of benzene rings is 2. The van der Waals surface area contributed by atoms with Crippen molar-refractivity contribution in [3.05, 3.63) is 71.0 Å². The monoisotopic (exact) mass is 394 g/mol. The van der Waals surface area contributed by atoms with Crippen molar-refractivity contribution in [2.24, 2.45) is 4.99 Å². The van der Waals surface area contributed by atoms with Gasteiger partial charge in [0.05, 0.1) is 0 Å². The van der Waals surface area contributed by atoms with Gasteiger partial charge >= 0.3 is 0 Å². The van der Waals surface area contributed by atoms with Crippen LogP contribution in [0.3, 0.4) is 0 Å². The van der Waals surface area contributed by atoms with Crippen LogP contribution in [0.5, 0.6) is 0 Å². The molecule has 1 saturated carbocycles. The molecule has 1 amide bonds. The van der Waals surface area contributed by atoms with Gasteiger partial charge in [0.15, 0.2) is 0 Å². The minimum absolute atomic E-state index is 0.196. The number of hydrogen-bond acceptors (Lipinski definition) is 3. The van der Waals surface area contributed by atoms with Crippen LogP contribution in [-0.2, 0) is 0 Å². The Balaban J connectivity index is 1.78. The molecular formula is C23H23FN2OS. The van der Waals surface area contributed by atoms with E-state index in [-0.39, 0.29) is 11.7 Å². The summed E-state index contributed by atoms with van der Waals surface area (Å²) in [7, 11) is 0. The fraction of sp³-hybridized carbons (Fsp3) is 0.348. The van der Waals surface area contributed by atoms with Crippen LogP contribution in [0, 0.1) is 12.7 Å². The Hall–Kier alpha value is -2.40. The Kier molecular flexibility index (Phi) is 5.11. The van der Waals surface area contributed by atoms with Crippen LogP contribution in [-0.4, -0.2) is 27.2 Å². The topological polar surface area (TPSA) is 32.7 Å². The largest absolute Gasteiger partial charge is 0.271 e. The standard InChI is InChI=1S/C23H23FN2OS/c1-16-7-6-8-18(15-16)20-22(28)26(21(27)17-9-11-19(24)12-10-17)23(25-20)13-4-2-3-5-14-23/h6-12,15H,2-5,13-14H2,1H3. The predicted molar refractivity (Wildman–Crippen MR) is 113 cm³/mol. The number of halogens is 1. The third-order valence-electron chi connectivity index (χ3n) is 5.63. The average Bonchev–Trinajstić information content (AvgIpc) is 2.82. The maximum absolute atomic E-state index is 13.4. The van der Waals surface area contributed by atoms with Crippen LogP contribution >= 0.6 is 12.2 Å². The van der Waals surface area contributed by atoms with Crippen molar-refractivity contribution in [1.82, 2.24) is 4.90 Å². The quantitative estimate of drug-likeness (QED) is 0.634. The number of aliphatic imine (C=N–C) groups is 1. The molecule has 2 aromatic carbocycles. The van der Waals surface area contributed by atoms with Crippen LogP contribution in [0.1, 0.15) is 60.0 Å². The summed E-state index contributed by atoms with van der Waals surface area (Å²) in [4.78, 5) is 20.7. The molecule has 3 nitrogen and oxygen atoms in total. The molecule has 0 bridgehead atoms. The minimum Gasteiger partial charge on any atom is -0.271 e. The summed E-state index contributed by atoms with van der Waals surface area (Å²) < 4.78 is 13.4. The van der Waals surface area contributed by atoms with Gasteiger partial charge in [-0.1, -0.05) is 48.8 Å². The maximum atomic E-state index is 13.4. The van der Waals surface area contributed by atoms with E-state index in [1.807, 2.05) is 25.1 Å². The average molecular weight is 395 g/mol. The summed E-state index contributed by atoms with van der Waals surface area (Å²) in [6.45, 7) is 2.03. The maximum Gasteiger partial charge on any atom is 0.260 e. The first-order chi connectivity index (χ1) is 13.5. The van der Waals surface area contributed by atoms with E-state index in [1.54, 1.807) is 4.90 Å². The van der Waals surface area contributed by atoms with Crippen molar-refractivity contribution >= 4 is 28.8 Å². The molecule has 0 saturated heterocycles. The van der Waals surface area contributed by atoms with Gasteiger partial charge in [0, 0.05) is 11.1 Å². The normalized spacial score (nSPS) is 18.9. The van der Waals surface area contributed by atoms with E-state index in [9.17, 15) is 9.18 Å². The molecule has 0 unspecified atom stereocenters. The lowest BCUT2D eigenvalue weighted by molar-refractivity contribution is 0.0692. The van der Waals surface area contributed by atoms with Crippen LogP contribution in [0.4, 0.5) is 4.39 Å². The molecule has 4 rings (SSSR count). The van der Waals surface area contributed by atoms with Crippen molar-refractivity contribution in [3.8, 4) is 0 Å².